The zero-order valence-electron chi connectivity index (χ0n) is 16.1. The highest BCUT2D eigenvalue weighted by atomic mass is 14.2. The van der Waals surface area contributed by atoms with E-state index < -0.39 is 0 Å². The first-order chi connectivity index (χ1) is 9.26. The average molecular weight is 275 g/mol. The lowest BCUT2D eigenvalue weighted by molar-refractivity contribution is 0.249. The fourth-order valence-electron chi connectivity index (χ4n) is 2.00. The Morgan fingerprint density at radius 2 is 1.05 bits per heavy atom. The molecule has 0 heteroatoms. The molecule has 0 spiro atoms. The third kappa shape index (κ3) is 23.5. The molecule has 1 aliphatic rings. The van der Waals surface area contributed by atoms with E-state index in [4.69, 9.17) is 0 Å². The first-order valence-corrected chi connectivity index (χ1v) is 9.26. The summed E-state index contributed by atoms with van der Waals surface area (Å²) in [7, 11) is 0. The van der Waals surface area contributed by atoms with E-state index in [0.717, 1.165) is 11.8 Å². The summed E-state index contributed by atoms with van der Waals surface area (Å²) in [5.41, 5.74) is 0. The van der Waals surface area contributed by atoms with Crippen molar-refractivity contribution in [2.24, 2.45) is 11.8 Å². The summed E-state index contributed by atoms with van der Waals surface area (Å²) < 4.78 is 0. The van der Waals surface area contributed by atoms with Crippen molar-refractivity contribution in [3.63, 3.8) is 0 Å². The van der Waals surface area contributed by atoms with E-state index >= 15 is 0 Å². The van der Waals surface area contributed by atoms with Crippen molar-refractivity contribution >= 4 is 0 Å². The summed E-state index contributed by atoms with van der Waals surface area (Å²) in [5.74, 6) is 2.07. The van der Waals surface area contributed by atoms with Gasteiger partial charge in [0.05, 0.1) is 0 Å². The van der Waals surface area contributed by atoms with Gasteiger partial charge < -0.3 is 0 Å². The third-order valence-corrected chi connectivity index (χ3v) is 3.31. The van der Waals surface area contributed by atoms with E-state index in [0.29, 0.717) is 0 Å². The van der Waals surface area contributed by atoms with Crippen molar-refractivity contribution in [1.29, 1.82) is 0 Å². The Kier molecular flexibility index (Phi) is 44.3. The second-order valence-corrected chi connectivity index (χ2v) is 4.43. The second-order valence-electron chi connectivity index (χ2n) is 4.43. The van der Waals surface area contributed by atoms with Crippen molar-refractivity contribution in [2.75, 3.05) is 0 Å². The lowest BCUT2D eigenvalue weighted by Gasteiger charge is -2.27. The van der Waals surface area contributed by atoms with Crippen LogP contribution in [0.4, 0.5) is 0 Å². The fourth-order valence-corrected chi connectivity index (χ4v) is 2.00. The normalized spacial score (nSPS) is 19.9. The van der Waals surface area contributed by atoms with E-state index in [-0.39, 0.29) is 0 Å². The molecule has 0 amide bonds. The molecule has 0 N–H and O–H groups in total. The topological polar surface area (TPSA) is 0 Å². The molecule has 1 saturated carbocycles. The molecule has 1 rings (SSSR count). The maximum absolute atomic E-state index is 2.41. The van der Waals surface area contributed by atoms with Gasteiger partial charge in [0.2, 0.25) is 0 Å². The minimum atomic E-state index is 1.02. The molecule has 0 heterocycles. The monoisotopic (exact) mass is 274 g/mol. The van der Waals surface area contributed by atoms with E-state index in [2.05, 4.69) is 27.7 Å². The summed E-state index contributed by atoms with van der Waals surface area (Å²) in [6.07, 6.45) is 10.00. The Bertz CT molecular complexity index is 94.2. The molecule has 19 heavy (non-hydrogen) atoms. The second kappa shape index (κ2) is 30.8. The van der Waals surface area contributed by atoms with Crippen LogP contribution in [-0.4, -0.2) is 0 Å². The van der Waals surface area contributed by atoms with Crippen LogP contribution in [-0.2, 0) is 0 Å². The van der Waals surface area contributed by atoms with Crippen LogP contribution in [0.25, 0.3) is 0 Å². The van der Waals surface area contributed by atoms with Crippen LogP contribution in [0.1, 0.15) is 114 Å². The number of unbranched alkanes of at least 4 members (excludes halogenated alkanes) is 1. The van der Waals surface area contributed by atoms with E-state index in [1.54, 1.807) is 0 Å². The predicted octanol–water partition coefficient (Wildman–Crippen LogP) is 8.11. The molecule has 0 aromatic rings. The number of hydrogen-bond acceptors (Lipinski definition) is 0. The minimum absolute atomic E-state index is 1.02. The maximum atomic E-state index is 2.41. The maximum Gasteiger partial charge on any atom is -0.0391 e. The van der Waals surface area contributed by atoms with Crippen molar-refractivity contribution < 1.29 is 0 Å². The zero-order chi connectivity index (χ0) is 16.1. The van der Waals surface area contributed by atoms with E-state index in [9.17, 15) is 0 Å². The third-order valence-electron chi connectivity index (χ3n) is 3.31. The molecule has 122 valence electrons. The lowest BCUT2D eigenvalue weighted by atomic mass is 9.79. The van der Waals surface area contributed by atoms with Crippen molar-refractivity contribution in [3.8, 4) is 0 Å². The lowest BCUT2D eigenvalue weighted by Crippen LogP contribution is -2.15. The van der Waals surface area contributed by atoms with Crippen LogP contribution in [0, 0.1) is 11.8 Å². The Labute approximate surface area is 126 Å². The average Bonchev–Trinajstić information content (AvgIpc) is 2.54. The van der Waals surface area contributed by atoms with Crippen LogP contribution < -0.4 is 0 Å². The summed E-state index contributed by atoms with van der Waals surface area (Å²) in [6.45, 7) is 21.1. The van der Waals surface area contributed by atoms with Crippen molar-refractivity contribution in [1.82, 2.24) is 0 Å². The number of hydrogen-bond donors (Lipinski definition) is 0. The molecular weight excluding hydrogens is 228 g/mol. The molecule has 0 nitrogen and oxygen atoms in total. The van der Waals surface area contributed by atoms with Crippen molar-refractivity contribution in [2.45, 2.75) is 114 Å². The highest BCUT2D eigenvalue weighted by Crippen LogP contribution is 2.31. The summed E-state index contributed by atoms with van der Waals surface area (Å²) >= 11 is 0. The largest absolute Gasteiger partial charge is 0.0683 e. The predicted molar refractivity (Wildman–Crippen MR) is 96.0 cm³/mol. The van der Waals surface area contributed by atoms with Gasteiger partial charge in [0.1, 0.15) is 0 Å². The Hall–Kier alpha value is 0. The highest BCUT2D eigenvalue weighted by molar-refractivity contribution is 4.70. The molecule has 0 aliphatic heterocycles. The van der Waals surface area contributed by atoms with Crippen LogP contribution in [0.15, 0.2) is 0 Å². The quantitative estimate of drug-likeness (QED) is 0.477. The molecule has 1 aliphatic carbocycles. The highest BCUT2D eigenvalue weighted by Gasteiger charge is 2.18. The molecule has 0 aromatic heterocycles. The number of rotatable bonds is 2. The molecule has 2 unspecified atom stereocenters. The van der Waals surface area contributed by atoms with Crippen LogP contribution >= 0.6 is 0 Å². The Morgan fingerprint density at radius 1 is 0.684 bits per heavy atom. The van der Waals surface area contributed by atoms with Crippen LogP contribution in [0.3, 0.4) is 0 Å². The Balaban J connectivity index is -0.0000000957. The smallest absolute Gasteiger partial charge is 0.0391 e. The van der Waals surface area contributed by atoms with Gasteiger partial charge in [-0.2, -0.15) is 0 Å². The summed E-state index contributed by atoms with van der Waals surface area (Å²) in [6, 6.07) is 0. The van der Waals surface area contributed by atoms with Crippen LogP contribution in [0.5, 0.6) is 0 Å². The molecule has 0 saturated heterocycles. The molecule has 2 atom stereocenters. The van der Waals surface area contributed by atoms with Gasteiger partial charge in [0, 0.05) is 0 Å². The first kappa shape index (κ1) is 27.4. The Morgan fingerprint density at radius 3 is 1.26 bits per heavy atom. The van der Waals surface area contributed by atoms with Crippen molar-refractivity contribution in [3.05, 3.63) is 0 Å². The zero-order valence-corrected chi connectivity index (χ0v) is 16.1. The van der Waals surface area contributed by atoms with Gasteiger partial charge in [-0.3, -0.25) is 0 Å². The fraction of sp³-hybridized carbons (Fsp3) is 1.00. The van der Waals surface area contributed by atoms with Gasteiger partial charge in [-0.1, -0.05) is 114 Å². The van der Waals surface area contributed by atoms with E-state index in [1.807, 2.05) is 41.5 Å². The van der Waals surface area contributed by atoms with E-state index in [1.165, 1.54) is 44.9 Å². The van der Waals surface area contributed by atoms with Gasteiger partial charge in [-0.15, -0.1) is 0 Å². The summed E-state index contributed by atoms with van der Waals surface area (Å²) in [5, 5.41) is 0. The standard InChI is InChI=1S/C9H18.C4H10.3C2H6/c1-3-9-7-5-4-6-8(9)2;1-3-4-2;3*1-2/h8-9H,3-7H2,1-2H3;3-4H2,1-2H3;3*1-2H3. The molecule has 0 bridgehead atoms. The van der Waals surface area contributed by atoms with Gasteiger partial charge in [0.25, 0.3) is 0 Å². The SMILES string of the molecule is CC.CC.CC.CCC1CCCCC1C.CCCC. The molecule has 1 fully saturated rings. The van der Waals surface area contributed by atoms with Gasteiger partial charge in [-0.05, 0) is 11.8 Å². The minimum Gasteiger partial charge on any atom is -0.0683 e. The van der Waals surface area contributed by atoms with Crippen LogP contribution in [0.2, 0.25) is 0 Å². The van der Waals surface area contributed by atoms with Gasteiger partial charge >= 0.3 is 0 Å². The van der Waals surface area contributed by atoms with Gasteiger partial charge in [-0.25, -0.2) is 0 Å². The molecule has 0 radical (unpaired) electrons. The van der Waals surface area contributed by atoms with Gasteiger partial charge in [0.15, 0.2) is 0 Å². The first-order valence-electron chi connectivity index (χ1n) is 9.26. The summed E-state index contributed by atoms with van der Waals surface area (Å²) in [4.78, 5) is 0. The molecule has 0 aromatic carbocycles. The molecular formula is C19H46.